The number of hydrogen-bond acceptors (Lipinski definition) is 4. The Bertz CT molecular complexity index is 1000. The molecule has 3 aromatic rings. The number of carbonyl (C=O) groups excluding carboxylic acids is 1. The van der Waals surface area contributed by atoms with E-state index in [1.54, 1.807) is 6.07 Å². The van der Waals surface area contributed by atoms with Crippen LogP contribution in [0.4, 0.5) is 5.69 Å². The molecule has 2 aromatic carbocycles. The van der Waals surface area contributed by atoms with Gasteiger partial charge in [-0.15, -0.1) is 24.8 Å². The van der Waals surface area contributed by atoms with Crippen LogP contribution in [0.1, 0.15) is 49.0 Å². The van der Waals surface area contributed by atoms with Crippen molar-refractivity contribution in [2.24, 2.45) is 0 Å². The molecule has 0 bridgehead atoms. The quantitative estimate of drug-likeness (QED) is 0.514. The van der Waals surface area contributed by atoms with Crippen LogP contribution in [0.15, 0.2) is 36.4 Å². The van der Waals surface area contributed by atoms with Crippen LogP contribution < -0.4 is 15.8 Å². The molecule has 1 heterocycles. The molecular weight excluding hydrogens is 435 g/mol. The highest BCUT2D eigenvalue weighted by Crippen LogP contribution is 2.30. The normalized spacial score (nSPS) is 11.5. The zero-order valence-electron chi connectivity index (χ0n) is 16.6. The van der Waals surface area contributed by atoms with Gasteiger partial charge in [0.15, 0.2) is 0 Å². The van der Waals surface area contributed by atoms with Crippen molar-refractivity contribution in [3.8, 4) is 5.75 Å². The summed E-state index contributed by atoms with van der Waals surface area (Å²) < 4.78 is 7.41. The van der Waals surface area contributed by atoms with Crippen molar-refractivity contribution in [1.82, 2.24) is 14.9 Å². The van der Waals surface area contributed by atoms with E-state index in [-0.39, 0.29) is 42.8 Å². The van der Waals surface area contributed by atoms with Gasteiger partial charge in [0.1, 0.15) is 11.6 Å². The average molecular weight is 460 g/mol. The van der Waals surface area contributed by atoms with Crippen molar-refractivity contribution in [2.45, 2.75) is 32.9 Å². The lowest BCUT2D eigenvalue weighted by Gasteiger charge is -2.19. The van der Waals surface area contributed by atoms with Gasteiger partial charge in [-0.1, -0.05) is 23.7 Å². The van der Waals surface area contributed by atoms with E-state index in [0.717, 1.165) is 16.9 Å². The highest BCUT2D eigenvalue weighted by molar-refractivity contribution is 6.33. The molecule has 158 valence electrons. The van der Waals surface area contributed by atoms with Gasteiger partial charge in [0.25, 0.3) is 5.91 Å². The number of imidazole rings is 1. The number of halogens is 3. The number of benzene rings is 2. The predicted molar refractivity (Wildman–Crippen MR) is 123 cm³/mol. The first-order valence-electron chi connectivity index (χ1n) is 8.74. The summed E-state index contributed by atoms with van der Waals surface area (Å²) in [6.45, 7) is 6.09. The highest BCUT2D eigenvalue weighted by atomic mass is 35.5. The Hall–Kier alpha value is -2.15. The van der Waals surface area contributed by atoms with Gasteiger partial charge in [0.2, 0.25) is 0 Å². The summed E-state index contributed by atoms with van der Waals surface area (Å²) >= 11 is 6.08. The fourth-order valence-electron chi connectivity index (χ4n) is 3.17. The number of nitrogens with zero attached hydrogens (tertiary/aromatic N) is 2. The number of rotatable bonds is 5. The van der Waals surface area contributed by atoms with Gasteiger partial charge in [0.05, 0.1) is 40.5 Å². The predicted octanol–water partition coefficient (Wildman–Crippen LogP) is 5.20. The molecule has 1 unspecified atom stereocenters. The van der Waals surface area contributed by atoms with E-state index in [1.807, 2.05) is 31.2 Å². The smallest absolute Gasteiger partial charge is 0.255 e. The number of nitrogen functional groups attached to an aromatic ring is 1. The lowest BCUT2D eigenvalue weighted by Crippen LogP contribution is -2.29. The Morgan fingerprint density at radius 3 is 2.48 bits per heavy atom. The highest BCUT2D eigenvalue weighted by Gasteiger charge is 2.22. The summed E-state index contributed by atoms with van der Waals surface area (Å²) in [5, 5.41) is 3.30. The van der Waals surface area contributed by atoms with Gasteiger partial charge >= 0.3 is 0 Å². The summed E-state index contributed by atoms with van der Waals surface area (Å²) in [6.07, 6.45) is 0. The molecule has 0 fully saturated rings. The number of carbonyl (C=O) groups is 1. The zero-order chi connectivity index (χ0) is 19.7. The third-order valence-electron chi connectivity index (χ3n) is 4.44. The number of hydrogen-bond donors (Lipinski definition) is 2. The maximum atomic E-state index is 12.8. The molecule has 9 heteroatoms. The van der Waals surface area contributed by atoms with E-state index < -0.39 is 0 Å². The zero-order valence-corrected chi connectivity index (χ0v) is 19.0. The number of aromatic nitrogens is 2. The van der Waals surface area contributed by atoms with Crippen molar-refractivity contribution < 1.29 is 9.53 Å². The van der Waals surface area contributed by atoms with Gasteiger partial charge in [-0.25, -0.2) is 4.98 Å². The maximum absolute atomic E-state index is 12.8. The Kier molecular flexibility index (Phi) is 8.63. The summed E-state index contributed by atoms with van der Waals surface area (Å²) in [5.74, 6) is 0.864. The second-order valence-corrected chi connectivity index (χ2v) is 7.10. The SMILES string of the molecule is COc1cc(N)c(Cl)cc1C(=O)NC(C)c1nc2ccccc2n1C(C)C.Cl.Cl. The number of amides is 1. The van der Waals surface area contributed by atoms with E-state index in [4.69, 9.17) is 27.1 Å². The molecule has 6 nitrogen and oxygen atoms in total. The van der Waals surface area contributed by atoms with Crippen molar-refractivity contribution >= 4 is 59.0 Å². The molecule has 1 atom stereocenters. The molecule has 0 spiro atoms. The third kappa shape index (κ3) is 4.89. The van der Waals surface area contributed by atoms with Crippen LogP contribution in [0.3, 0.4) is 0 Å². The Balaban J connectivity index is 0.00000210. The monoisotopic (exact) mass is 458 g/mol. The molecule has 1 aromatic heterocycles. The van der Waals surface area contributed by atoms with Crippen LogP contribution in [-0.2, 0) is 0 Å². The minimum absolute atomic E-state index is 0. The first-order valence-corrected chi connectivity index (χ1v) is 9.12. The molecule has 0 saturated carbocycles. The van der Waals surface area contributed by atoms with Gasteiger partial charge in [0, 0.05) is 12.1 Å². The Morgan fingerprint density at radius 1 is 1.21 bits per heavy atom. The first-order chi connectivity index (χ1) is 12.8. The number of fused-ring (bicyclic) bond motifs is 1. The van der Waals surface area contributed by atoms with Crippen molar-refractivity contribution in [1.29, 1.82) is 0 Å². The number of anilines is 1. The summed E-state index contributed by atoms with van der Waals surface area (Å²) in [7, 11) is 1.49. The van der Waals surface area contributed by atoms with Gasteiger partial charge in [-0.2, -0.15) is 0 Å². The lowest BCUT2D eigenvalue weighted by molar-refractivity contribution is 0.0934. The number of methoxy groups -OCH3 is 1. The van der Waals surface area contributed by atoms with Crippen molar-refractivity contribution in [3.63, 3.8) is 0 Å². The third-order valence-corrected chi connectivity index (χ3v) is 4.77. The average Bonchev–Trinajstić information content (AvgIpc) is 3.03. The maximum Gasteiger partial charge on any atom is 0.255 e. The number of para-hydroxylation sites is 2. The Morgan fingerprint density at radius 2 is 1.86 bits per heavy atom. The fraction of sp³-hybridized carbons (Fsp3) is 0.300. The van der Waals surface area contributed by atoms with Crippen molar-refractivity contribution in [3.05, 3.63) is 52.8 Å². The largest absolute Gasteiger partial charge is 0.496 e. The van der Waals surface area contributed by atoms with Crippen LogP contribution in [0, 0.1) is 0 Å². The number of nitrogens with one attached hydrogen (secondary N) is 1. The number of nitrogens with two attached hydrogens (primary N) is 1. The van der Waals surface area contributed by atoms with Crippen LogP contribution in [0.2, 0.25) is 5.02 Å². The van der Waals surface area contributed by atoms with E-state index in [1.165, 1.54) is 13.2 Å². The molecule has 0 saturated heterocycles. The van der Waals surface area contributed by atoms with Crippen LogP contribution in [0.5, 0.6) is 5.75 Å². The van der Waals surface area contributed by atoms with Gasteiger partial charge < -0.3 is 20.4 Å². The van der Waals surface area contributed by atoms with Crippen molar-refractivity contribution in [2.75, 3.05) is 12.8 Å². The summed E-state index contributed by atoms with van der Waals surface area (Å²) in [6, 6.07) is 10.9. The summed E-state index contributed by atoms with van der Waals surface area (Å²) in [4.78, 5) is 17.6. The minimum Gasteiger partial charge on any atom is -0.496 e. The lowest BCUT2D eigenvalue weighted by atomic mass is 10.1. The van der Waals surface area contributed by atoms with E-state index in [0.29, 0.717) is 22.0 Å². The molecule has 29 heavy (non-hydrogen) atoms. The number of ether oxygens (including phenoxy) is 1. The molecule has 0 aliphatic carbocycles. The molecule has 0 aliphatic heterocycles. The topological polar surface area (TPSA) is 82.2 Å². The summed E-state index contributed by atoms with van der Waals surface area (Å²) in [5.41, 5.74) is 8.42. The molecule has 1 amide bonds. The van der Waals surface area contributed by atoms with Crippen LogP contribution in [0.25, 0.3) is 11.0 Å². The van der Waals surface area contributed by atoms with Gasteiger partial charge in [-0.05, 0) is 39.0 Å². The molecule has 0 aliphatic rings. The van der Waals surface area contributed by atoms with Gasteiger partial charge in [-0.3, -0.25) is 4.79 Å². The standard InChI is InChI=1S/C20H23ClN4O2.2ClH/c1-11(2)25-17-8-6-5-7-16(17)24-19(25)12(3)23-20(26)13-9-14(21)15(22)10-18(13)27-4;;/h5-12H,22H2,1-4H3,(H,23,26);2*1H. The molecule has 3 N–H and O–H groups in total. The second kappa shape index (κ2) is 10.1. The molecule has 0 radical (unpaired) electrons. The molecule has 3 rings (SSSR count). The first kappa shape index (κ1) is 24.9. The van der Waals surface area contributed by atoms with E-state index >= 15 is 0 Å². The molecular formula is C20H25Cl3N4O2. The van der Waals surface area contributed by atoms with E-state index in [2.05, 4.69) is 23.7 Å². The second-order valence-electron chi connectivity index (χ2n) is 6.69. The van der Waals surface area contributed by atoms with Crippen LogP contribution >= 0.6 is 36.4 Å². The fourth-order valence-corrected chi connectivity index (χ4v) is 3.33. The van der Waals surface area contributed by atoms with E-state index in [9.17, 15) is 4.79 Å². The minimum atomic E-state index is -0.312. The Labute approximate surface area is 187 Å². The van der Waals surface area contributed by atoms with Crippen LogP contribution in [-0.4, -0.2) is 22.6 Å².